The molecule has 0 spiro atoms. The summed E-state index contributed by atoms with van der Waals surface area (Å²) >= 11 is 0. The highest BCUT2D eigenvalue weighted by molar-refractivity contribution is 5.89. The van der Waals surface area contributed by atoms with E-state index in [9.17, 15) is 4.79 Å². The Kier molecular flexibility index (Phi) is 4.49. The maximum absolute atomic E-state index is 12.8. The van der Waals surface area contributed by atoms with Crippen LogP contribution in [0.15, 0.2) is 30.5 Å². The number of carbonyl (C=O) groups excluding carboxylic acids is 1. The Labute approximate surface area is 154 Å². The molecule has 2 aliphatic heterocycles. The number of ether oxygens (including phenoxy) is 1. The van der Waals surface area contributed by atoms with Crippen molar-refractivity contribution in [2.45, 2.75) is 63.7 Å². The second kappa shape index (κ2) is 6.67. The topological polar surface area (TPSA) is 59.4 Å². The van der Waals surface area contributed by atoms with Crippen LogP contribution in [0.25, 0.3) is 10.9 Å². The molecule has 1 aromatic carbocycles. The van der Waals surface area contributed by atoms with Crippen LogP contribution in [0.1, 0.15) is 40.0 Å². The largest absolute Gasteiger partial charge is 0.378 e. The molecule has 0 radical (unpaired) electrons. The highest BCUT2D eigenvalue weighted by atomic mass is 16.5. The quantitative estimate of drug-likeness (QED) is 0.918. The number of fused-ring (bicyclic) bond motifs is 3. The summed E-state index contributed by atoms with van der Waals surface area (Å²) < 4.78 is 7.29. The van der Waals surface area contributed by atoms with E-state index in [1.807, 2.05) is 24.3 Å². The number of hydrogen-bond donors (Lipinski definition) is 1. The lowest BCUT2D eigenvalue weighted by Crippen LogP contribution is -2.66. The summed E-state index contributed by atoms with van der Waals surface area (Å²) in [6, 6.07) is 8.52. The lowest BCUT2D eigenvalue weighted by Gasteiger charge is -2.55. The molecule has 2 atom stereocenters. The molecule has 6 heteroatoms. The van der Waals surface area contributed by atoms with Gasteiger partial charge in [-0.15, -0.1) is 0 Å². The van der Waals surface area contributed by atoms with Gasteiger partial charge >= 0.3 is 6.03 Å². The van der Waals surface area contributed by atoms with Gasteiger partial charge in [-0.05, 0) is 39.2 Å². The summed E-state index contributed by atoms with van der Waals surface area (Å²) in [5.74, 6) is 0. The molecule has 0 saturated carbocycles. The van der Waals surface area contributed by atoms with Crippen LogP contribution in [0.5, 0.6) is 0 Å². The van der Waals surface area contributed by atoms with Crippen LogP contribution in [0, 0.1) is 0 Å². The summed E-state index contributed by atoms with van der Waals surface area (Å²) in [6.45, 7) is 8.36. The SMILES string of the molecule is CCC(C)(C)N1C2COCC1CC(NC(=O)n1ncc3ccccc31)C2. The van der Waals surface area contributed by atoms with Crippen molar-refractivity contribution < 1.29 is 9.53 Å². The van der Waals surface area contributed by atoms with E-state index >= 15 is 0 Å². The fourth-order valence-corrected chi connectivity index (χ4v) is 4.57. The zero-order valence-electron chi connectivity index (χ0n) is 15.8. The molecule has 6 nitrogen and oxygen atoms in total. The van der Waals surface area contributed by atoms with Crippen molar-refractivity contribution in [2.24, 2.45) is 0 Å². The number of piperidine rings is 1. The van der Waals surface area contributed by atoms with E-state index in [1.165, 1.54) is 4.68 Å². The Balaban J connectivity index is 1.49. The molecule has 2 aliphatic rings. The van der Waals surface area contributed by atoms with Crippen LogP contribution in [0.4, 0.5) is 4.79 Å². The summed E-state index contributed by atoms with van der Waals surface area (Å²) in [6.07, 6.45) is 4.69. The van der Waals surface area contributed by atoms with Crippen molar-refractivity contribution in [3.63, 3.8) is 0 Å². The molecule has 26 heavy (non-hydrogen) atoms. The third-order valence-electron chi connectivity index (χ3n) is 6.08. The van der Waals surface area contributed by atoms with Crippen molar-refractivity contribution in [3.05, 3.63) is 30.5 Å². The van der Waals surface area contributed by atoms with Crippen LogP contribution in [0.2, 0.25) is 0 Å². The number of amides is 1. The fourth-order valence-electron chi connectivity index (χ4n) is 4.57. The molecule has 0 aliphatic carbocycles. The van der Waals surface area contributed by atoms with E-state index in [0.29, 0.717) is 12.1 Å². The lowest BCUT2D eigenvalue weighted by molar-refractivity contribution is -0.122. The summed E-state index contributed by atoms with van der Waals surface area (Å²) in [4.78, 5) is 15.4. The molecular weight excluding hydrogens is 328 g/mol. The fraction of sp³-hybridized carbons (Fsp3) is 0.600. The van der Waals surface area contributed by atoms with Crippen molar-refractivity contribution >= 4 is 16.9 Å². The minimum atomic E-state index is -0.140. The monoisotopic (exact) mass is 356 g/mol. The molecule has 2 saturated heterocycles. The predicted molar refractivity (Wildman–Crippen MR) is 101 cm³/mol. The molecular formula is C20H28N4O2. The van der Waals surface area contributed by atoms with E-state index in [2.05, 4.69) is 36.1 Å². The molecule has 4 rings (SSSR count). The number of aromatic nitrogens is 2. The molecule has 2 unspecified atom stereocenters. The highest BCUT2D eigenvalue weighted by Crippen LogP contribution is 2.35. The van der Waals surface area contributed by atoms with Gasteiger partial charge in [-0.3, -0.25) is 4.90 Å². The number of nitrogens with one attached hydrogen (secondary N) is 1. The molecule has 3 heterocycles. The summed E-state index contributed by atoms with van der Waals surface area (Å²) in [5.41, 5.74) is 1.00. The van der Waals surface area contributed by atoms with Crippen LogP contribution in [-0.2, 0) is 4.74 Å². The predicted octanol–water partition coefficient (Wildman–Crippen LogP) is 3.01. The smallest absolute Gasteiger partial charge is 0.342 e. The minimum absolute atomic E-state index is 0.140. The van der Waals surface area contributed by atoms with Gasteiger partial charge in [0.25, 0.3) is 0 Å². The first-order valence-corrected chi connectivity index (χ1v) is 9.59. The van der Waals surface area contributed by atoms with Crippen molar-refractivity contribution in [2.75, 3.05) is 13.2 Å². The van der Waals surface area contributed by atoms with Crippen molar-refractivity contribution in [3.8, 4) is 0 Å². The molecule has 1 aromatic heterocycles. The Hall–Kier alpha value is -1.92. The van der Waals surface area contributed by atoms with Gasteiger partial charge in [-0.25, -0.2) is 4.79 Å². The first-order valence-electron chi connectivity index (χ1n) is 9.59. The Bertz CT molecular complexity index is 786. The van der Waals surface area contributed by atoms with E-state index in [-0.39, 0.29) is 17.6 Å². The molecule has 2 bridgehead atoms. The van der Waals surface area contributed by atoms with Gasteiger partial charge in [0.1, 0.15) is 0 Å². The maximum Gasteiger partial charge on any atom is 0.342 e. The number of hydrogen-bond acceptors (Lipinski definition) is 4. The van der Waals surface area contributed by atoms with Crippen LogP contribution < -0.4 is 5.32 Å². The van der Waals surface area contributed by atoms with Gasteiger partial charge in [-0.1, -0.05) is 25.1 Å². The number of morpholine rings is 1. The van der Waals surface area contributed by atoms with Gasteiger partial charge in [0.2, 0.25) is 0 Å². The van der Waals surface area contributed by atoms with Crippen molar-refractivity contribution in [1.29, 1.82) is 0 Å². The standard InChI is InChI=1S/C20H28N4O2/c1-4-20(2,3)23-16-9-15(10-17(23)13-26-12-16)22-19(25)24-18-8-6-5-7-14(18)11-21-24/h5-8,11,15-17H,4,9-10,12-13H2,1-3H3,(H,22,25). The highest BCUT2D eigenvalue weighted by Gasteiger charge is 2.45. The summed E-state index contributed by atoms with van der Waals surface area (Å²) in [7, 11) is 0. The first kappa shape index (κ1) is 17.5. The summed E-state index contributed by atoms with van der Waals surface area (Å²) in [5, 5.41) is 8.46. The normalized spacial score (nSPS) is 26.8. The Morgan fingerprint density at radius 3 is 2.65 bits per heavy atom. The van der Waals surface area contributed by atoms with E-state index in [1.54, 1.807) is 6.20 Å². The number of rotatable bonds is 3. The van der Waals surface area contributed by atoms with Gasteiger partial charge < -0.3 is 10.1 Å². The van der Waals surface area contributed by atoms with E-state index in [4.69, 9.17) is 4.74 Å². The van der Waals surface area contributed by atoms with Crippen LogP contribution in [0.3, 0.4) is 0 Å². The average Bonchev–Trinajstić information content (AvgIpc) is 3.05. The van der Waals surface area contributed by atoms with Crippen LogP contribution >= 0.6 is 0 Å². The molecule has 1 amide bonds. The van der Waals surface area contributed by atoms with Gasteiger partial charge in [0.05, 0.1) is 24.9 Å². The van der Waals surface area contributed by atoms with Gasteiger partial charge in [0, 0.05) is 29.1 Å². The van der Waals surface area contributed by atoms with Gasteiger partial charge in [0.15, 0.2) is 0 Å². The molecule has 2 fully saturated rings. The number of benzene rings is 1. The molecule has 140 valence electrons. The zero-order valence-corrected chi connectivity index (χ0v) is 15.8. The average molecular weight is 356 g/mol. The Morgan fingerprint density at radius 1 is 1.27 bits per heavy atom. The maximum atomic E-state index is 12.8. The number of para-hydroxylation sites is 1. The first-order chi connectivity index (χ1) is 12.5. The van der Waals surface area contributed by atoms with E-state index < -0.39 is 0 Å². The molecule has 2 aromatic rings. The number of nitrogens with zero attached hydrogens (tertiary/aromatic N) is 3. The van der Waals surface area contributed by atoms with Crippen LogP contribution in [-0.4, -0.2) is 57.6 Å². The Morgan fingerprint density at radius 2 is 1.96 bits per heavy atom. The second-order valence-electron chi connectivity index (χ2n) is 8.15. The number of carbonyl (C=O) groups is 1. The lowest BCUT2D eigenvalue weighted by atomic mass is 9.84. The van der Waals surface area contributed by atoms with Crippen molar-refractivity contribution in [1.82, 2.24) is 20.0 Å². The minimum Gasteiger partial charge on any atom is -0.378 e. The zero-order chi connectivity index (χ0) is 18.3. The second-order valence-corrected chi connectivity index (χ2v) is 8.15. The molecule has 1 N–H and O–H groups in total. The van der Waals surface area contributed by atoms with Gasteiger partial charge in [-0.2, -0.15) is 9.78 Å². The third kappa shape index (κ3) is 3.01. The third-order valence-corrected chi connectivity index (χ3v) is 6.08. The van der Waals surface area contributed by atoms with E-state index in [0.717, 1.165) is 43.4 Å².